The molecule has 1 atom stereocenters. The summed E-state index contributed by atoms with van der Waals surface area (Å²) in [5.41, 5.74) is 3.84. The predicted molar refractivity (Wildman–Crippen MR) is 122 cm³/mol. The quantitative estimate of drug-likeness (QED) is 0.408. The molecule has 3 rings (SSSR count). The van der Waals surface area contributed by atoms with Crippen molar-refractivity contribution in [2.24, 2.45) is 0 Å². The average molecular weight is 404 g/mol. The Kier molecular flexibility index (Phi) is 7.50. The molecular formula is C26H29NO3. The summed E-state index contributed by atoms with van der Waals surface area (Å²) < 4.78 is 11.1. The molecule has 4 heteroatoms. The Labute approximate surface area is 178 Å². The fraction of sp³-hybridized carbons (Fsp3) is 0.269. The van der Waals surface area contributed by atoms with Gasteiger partial charge in [-0.2, -0.15) is 0 Å². The lowest BCUT2D eigenvalue weighted by Crippen LogP contribution is -2.16. The van der Waals surface area contributed by atoms with Crippen molar-refractivity contribution in [2.75, 3.05) is 18.5 Å². The number of nitrogens with one attached hydrogen (secondary N) is 1. The number of carbonyl (C=O) groups is 1. The summed E-state index contributed by atoms with van der Waals surface area (Å²) in [6, 6.07) is 23.3. The summed E-state index contributed by atoms with van der Waals surface area (Å²) in [4.78, 5) is 13.0. The second kappa shape index (κ2) is 10.5. The molecule has 0 amide bonds. The van der Waals surface area contributed by atoms with E-state index < -0.39 is 0 Å². The van der Waals surface area contributed by atoms with E-state index in [9.17, 15) is 4.79 Å². The van der Waals surface area contributed by atoms with Gasteiger partial charge < -0.3 is 14.8 Å². The smallest absolute Gasteiger partial charge is 0.165 e. The SMILES string of the molecule is CCOc1ccc(NC(CC(=O)c2ccc(C)cc2)c2ccc(OCC)cc2)cc1. The number of Topliss-reactive ketones (excluding diaryl/α,β-unsaturated/α-hetero) is 1. The van der Waals surface area contributed by atoms with Crippen molar-refractivity contribution in [3.05, 3.63) is 89.5 Å². The van der Waals surface area contributed by atoms with E-state index in [0.717, 1.165) is 33.9 Å². The first kappa shape index (κ1) is 21.4. The Hall–Kier alpha value is -3.27. The lowest BCUT2D eigenvalue weighted by molar-refractivity contribution is 0.0976. The predicted octanol–water partition coefficient (Wildman–Crippen LogP) is 6.22. The molecule has 3 aromatic rings. The minimum Gasteiger partial charge on any atom is -0.494 e. The minimum atomic E-state index is -0.160. The van der Waals surface area contributed by atoms with Crippen molar-refractivity contribution in [1.29, 1.82) is 0 Å². The van der Waals surface area contributed by atoms with Gasteiger partial charge >= 0.3 is 0 Å². The number of rotatable bonds is 10. The zero-order valence-electron chi connectivity index (χ0n) is 17.9. The van der Waals surface area contributed by atoms with Crippen molar-refractivity contribution in [1.82, 2.24) is 0 Å². The maximum atomic E-state index is 13.0. The van der Waals surface area contributed by atoms with Crippen LogP contribution in [0.25, 0.3) is 0 Å². The summed E-state index contributed by atoms with van der Waals surface area (Å²) in [6.45, 7) is 7.20. The molecular weight excluding hydrogens is 374 g/mol. The molecule has 0 aliphatic rings. The molecule has 0 fully saturated rings. The van der Waals surface area contributed by atoms with Crippen LogP contribution in [0.4, 0.5) is 5.69 Å². The molecule has 1 unspecified atom stereocenters. The second-order valence-corrected chi connectivity index (χ2v) is 7.15. The van der Waals surface area contributed by atoms with E-state index in [1.54, 1.807) is 0 Å². The molecule has 0 aliphatic heterocycles. The summed E-state index contributed by atoms with van der Waals surface area (Å²) in [5, 5.41) is 3.51. The van der Waals surface area contributed by atoms with E-state index in [1.165, 1.54) is 0 Å². The number of anilines is 1. The maximum absolute atomic E-state index is 13.0. The van der Waals surface area contributed by atoms with Gasteiger partial charge in [-0.15, -0.1) is 0 Å². The third-order valence-electron chi connectivity index (χ3n) is 4.86. The number of carbonyl (C=O) groups excluding carboxylic acids is 1. The molecule has 0 spiro atoms. The Balaban J connectivity index is 1.81. The van der Waals surface area contributed by atoms with Gasteiger partial charge in [0.1, 0.15) is 11.5 Å². The maximum Gasteiger partial charge on any atom is 0.165 e. The van der Waals surface area contributed by atoms with E-state index in [2.05, 4.69) is 5.32 Å². The van der Waals surface area contributed by atoms with Gasteiger partial charge in [0.25, 0.3) is 0 Å². The van der Waals surface area contributed by atoms with Gasteiger partial charge in [-0.25, -0.2) is 0 Å². The van der Waals surface area contributed by atoms with Gasteiger partial charge in [0.15, 0.2) is 5.78 Å². The van der Waals surface area contributed by atoms with Crippen molar-refractivity contribution < 1.29 is 14.3 Å². The summed E-state index contributed by atoms with van der Waals surface area (Å²) in [5.74, 6) is 1.76. The van der Waals surface area contributed by atoms with Gasteiger partial charge in [0.05, 0.1) is 19.3 Å². The molecule has 3 aromatic carbocycles. The fourth-order valence-corrected chi connectivity index (χ4v) is 3.27. The topological polar surface area (TPSA) is 47.6 Å². The number of benzene rings is 3. The fourth-order valence-electron chi connectivity index (χ4n) is 3.27. The van der Waals surface area contributed by atoms with E-state index in [1.807, 2.05) is 93.6 Å². The molecule has 0 aliphatic carbocycles. The van der Waals surface area contributed by atoms with Crippen LogP contribution in [0.5, 0.6) is 11.5 Å². The molecule has 0 radical (unpaired) electrons. The highest BCUT2D eigenvalue weighted by Crippen LogP contribution is 2.27. The van der Waals surface area contributed by atoms with Crippen LogP contribution in [-0.2, 0) is 0 Å². The third kappa shape index (κ3) is 5.86. The number of hydrogen-bond donors (Lipinski definition) is 1. The van der Waals surface area contributed by atoms with E-state index in [4.69, 9.17) is 9.47 Å². The zero-order valence-corrected chi connectivity index (χ0v) is 17.9. The van der Waals surface area contributed by atoms with Crippen LogP contribution in [-0.4, -0.2) is 19.0 Å². The lowest BCUT2D eigenvalue weighted by Gasteiger charge is -2.21. The van der Waals surface area contributed by atoms with Crippen molar-refractivity contribution >= 4 is 11.5 Å². The van der Waals surface area contributed by atoms with Gasteiger partial charge in [-0.05, 0) is 62.7 Å². The Morgan fingerprint density at radius 1 is 0.800 bits per heavy atom. The molecule has 156 valence electrons. The first-order valence-corrected chi connectivity index (χ1v) is 10.4. The van der Waals surface area contributed by atoms with E-state index in [0.29, 0.717) is 19.6 Å². The molecule has 30 heavy (non-hydrogen) atoms. The Morgan fingerprint density at radius 3 is 1.87 bits per heavy atom. The van der Waals surface area contributed by atoms with E-state index in [-0.39, 0.29) is 11.8 Å². The van der Waals surface area contributed by atoms with Crippen LogP contribution < -0.4 is 14.8 Å². The van der Waals surface area contributed by atoms with Crippen LogP contribution >= 0.6 is 0 Å². The van der Waals surface area contributed by atoms with Crippen molar-refractivity contribution in [3.8, 4) is 11.5 Å². The standard InChI is InChI=1S/C26H29NO3/c1-4-29-23-14-10-20(11-15-23)25(18-26(28)21-8-6-19(3)7-9-21)27-22-12-16-24(17-13-22)30-5-2/h6-17,25,27H,4-5,18H2,1-3H3. The highest BCUT2D eigenvalue weighted by molar-refractivity contribution is 5.96. The normalized spacial score (nSPS) is 11.6. The van der Waals surface area contributed by atoms with Crippen molar-refractivity contribution in [2.45, 2.75) is 33.2 Å². The third-order valence-corrected chi connectivity index (χ3v) is 4.86. The van der Waals surface area contributed by atoms with Crippen LogP contribution in [0.2, 0.25) is 0 Å². The first-order chi connectivity index (χ1) is 14.6. The molecule has 0 heterocycles. The number of ether oxygens (including phenoxy) is 2. The summed E-state index contributed by atoms with van der Waals surface area (Å²) in [6.07, 6.45) is 0.351. The number of hydrogen-bond acceptors (Lipinski definition) is 4. The average Bonchev–Trinajstić information content (AvgIpc) is 2.76. The van der Waals surface area contributed by atoms with Crippen molar-refractivity contribution in [3.63, 3.8) is 0 Å². The van der Waals surface area contributed by atoms with Gasteiger partial charge in [-0.3, -0.25) is 4.79 Å². The largest absolute Gasteiger partial charge is 0.494 e. The van der Waals surface area contributed by atoms with E-state index >= 15 is 0 Å². The molecule has 1 N–H and O–H groups in total. The molecule has 0 saturated heterocycles. The highest BCUT2D eigenvalue weighted by atomic mass is 16.5. The van der Waals surface area contributed by atoms with Gasteiger partial charge in [-0.1, -0.05) is 42.0 Å². The first-order valence-electron chi connectivity index (χ1n) is 10.4. The summed E-state index contributed by atoms with van der Waals surface area (Å²) >= 11 is 0. The van der Waals surface area contributed by atoms with Crippen LogP contribution in [0.1, 0.15) is 47.8 Å². The summed E-state index contributed by atoms with van der Waals surface area (Å²) in [7, 11) is 0. The highest BCUT2D eigenvalue weighted by Gasteiger charge is 2.18. The van der Waals surface area contributed by atoms with Crippen LogP contribution in [0.15, 0.2) is 72.8 Å². The van der Waals surface area contributed by atoms with Crippen LogP contribution in [0, 0.1) is 6.92 Å². The lowest BCUT2D eigenvalue weighted by atomic mass is 9.97. The van der Waals surface area contributed by atoms with Gasteiger partial charge in [0, 0.05) is 17.7 Å². The zero-order chi connectivity index (χ0) is 21.3. The number of aryl methyl sites for hydroxylation is 1. The monoisotopic (exact) mass is 403 g/mol. The van der Waals surface area contributed by atoms with Gasteiger partial charge in [0.2, 0.25) is 0 Å². The van der Waals surface area contributed by atoms with Crippen LogP contribution in [0.3, 0.4) is 0 Å². The minimum absolute atomic E-state index is 0.104. The number of ketones is 1. The molecule has 4 nitrogen and oxygen atoms in total. The molecule has 0 saturated carbocycles. The Bertz CT molecular complexity index is 932. The molecule has 0 bridgehead atoms. The second-order valence-electron chi connectivity index (χ2n) is 7.15. The Morgan fingerprint density at radius 2 is 1.33 bits per heavy atom. The molecule has 0 aromatic heterocycles.